The molecule has 31 heavy (non-hydrogen) atoms. The van der Waals surface area contributed by atoms with E-state index in [4.69, 9.17) is 14.1 Å². The highest BCUT2D eigenvalue weighted by Gasteiger charge is 2.26. The van der Waals surface area contributed by atoms with Gasteiger partial charge in [0.1, 0.15) is 12.4 Å². The standard InChI is InChI=1S/C20H29N7O3.HI/c1-15-23-24-18(25(15)2)14-22-20(21-13-16-5-3-11-29-16)27-9-7-26(8-10-27)19(28)17-6-4-12-30-17;/h4,6,12,16H,3,5,7-11,13-14H2,1-2H3,(H,21,22);1H. The van der Waals surface area contributed by atoms with Gasteiger partial charge in [0, 0.05) is 46.4 Å². The Bertz CT molecular complexity index is 869. The van der Waals surface area contributed by atoms with Gasteiger partial charge in [0.25, 0.3) is 5.91 Å². The summed E-state index contributed by atoms with van der Waals surface area (Å²) in [4.78, 5) is 21.3. The molecule has 0 saturated carbocycles. The number of guanidine groups is 1. The fourth-order valence-corrected chi connectivity index (χ4v) is 3.69. The summed E-state index contributed by atoms with van der Waals surface area (Å²) < 4.78 is 12.9. The molecule has 0 radical (unpaired) electrons. The average Bonchev–Trinajstić information content (AvgIpc) is 3.53. The van der Waals surface area contributed by atoms with E-state index in [-0.39, 0.29) is 36.0 Å². The number of amides is 1. The van der Waals surface area contributed by atoms with Crippen molar-refractivity contribution in [2.45, 2.75) is 32.4 Å². The number of aromatic nitrogens is 3. The molecule has 2 fully saturated rings. The number of hydrogen-bond acceptors (Lipinski definition) is 6. The van der Waals surface area contributed by atoms with Crippen LogP contribution in [-0.2, 0) is 18.3 Å². The molecule has 2 saturated heterocycles. The zero-order valence-electron chi connectivity index (χ0n) is 18.0. The van der Waals surface area contributed by atoms with Gasteiger partial charge in [-0.25, -0.2) is 4.99 Å². The van der Waals surface area contributed by atoms with E-state index in [2.05, 4.69) is 20.4 Å². The Labute approximate surface area is 199 Å². The molecule has 11 heteroatoms. The maximum absolute atomic E-state index is 12.5. The van der Waals surface area contributed by atoms with Gasteiger partial charge in [0.05, 0.1) is 12.4 Å². The van der Waals surface area contributed by atoms with Crippen molar-refractivity contribution in [1.82, 2.24) is 29.9 Å². The molecule has 1 N–H and O–H groups in total. The molecule has 0 aliphatic carbocycles. The van der Waals surface area contributed by atoms with Crippen LogP contribution in [0.25, 0.3) is 0 Å². The summed E-state index contributed by atoms with van der Waals surface area (Å²) in [5.74, 6) is 2.80. The van der Waals surface area contributed by atoms with Crippen molar-refractivity contribution in [3.05, 3.63) is 35.8 Å². The lowest BCUT2D eigenvalue weighted by Crippen LogP contribution is -2.54. The molecule has 170 valence electrons. The summed E-state index contributed by atoms with van der Waals surface area (Å²) in [5.41, 5.74) is 0. The molecule has 1 unspecified atom stereocenters. The first-order valence-corrected chi connectivity index (χ1v) is 10.4. The van der Waals surface area contributed by atoms with Gasteiger partial charge in [0.15, 0.2) is 17.5 Å². The fraction of sp³-hybridized carbons (Fsp3) is 0.600. The highest BCUT2D eigenvalue weighted by molar-refractivity contribution is 14.0. The van der Waals surface area contributed by atoms with Gasteiger partial charge >= 0.3 is 0 Å². The van der Waals surface area contributed by atoms with E-state index in [0.717, 1.165) is 43.6 Å². The number of aliphatic imine (C=N–C) groups is 1. The summed E-state index contributed by atoms with van der Waals surface area (Å²) in [5, 5.41) is 11.8. The summed E-state index contributed by atoms with van der Waals surface area (Å²) >= 11 is 0. The Hall–Kier alpha value is -2.15. The third-order valence-electron chi connectivity index (χ3n) is 5.66. The predicted octanol–water partition coefficient (Wildman–Crippen LogP) is 1.42. The van der Waals surface area contributed by atoms with Crippen LogP contribution in [0.2, 0.25) is 0 Å². The van der Waals surface area contributed by atoms with Crippen LogP contribution in [0.1, 0.15) is 35.0 Å². The Morgan fingerprint density at radius 1 is 1.26 bits per heavy atom. The molecule has 0 aromatic carbocycles. The summed E-state index contributed by atoms with van der Waals surface area (Å²) in [6, 6.07) is 3.44. The van der Waals surface area contributed by atoms with E-state index >= 15 is 0 Å². The smallest absolute Gasteiger partial charge is 0.289 e. The summed E-state index contributed by atoms with van der Waals surface area (Å²) in [6.45, 7) is 6.53. The number of nitrogens with zero attached hydrogens (tertiary/aromatic N) is 6. The van der Waals surface area contributed by atoms with Crippen LogP contribution in [0.4, 0.5) is 0 Å². The molecule has 4 rings (SSSR count). The van der Waals surface area contributed by atoms with Crippen LogP contribution in [0.3, 0.4) is 0 Å². The molecule has 0 spiro atoms. The fourth-order valence-electron chi connectivity index (χ4n) is 3.69. The number of nitrogens with one attached hydrogen (secondary N) is 1. The predicted molar refractivity (Wildman–Crippen MR) is 125 cm³/mol. The topological polar surface area (TPSA) is 101 Å². The lowest BCUT2D eigenvalue weighted by molar-refractivity contribution is 0.0656. The van der Waals surface area contributed by atoms with E-state index in [0.29, 0.717) is 38.5 Å². The van der Waals surface area contributed by atoms with Crippen molar-refractivity contribution < 1.29 is 13.9 Å². The van der Waals surface area contributed by atoms with Crippen LogP contribution < -0.4 is 5.32 Å². The van der Waals surface area contributed by atoms with Crippen LogP contribution in [0, 0.1) is 6.92 Å². The minimum absolute atomic E-state index is 0. The molecular weight excluding hydrogens is 513 g/mol. The quantitative estimate of drug-likeness (QED) is 0.346. The van der Waals surface area contributed by atoms with Gasteiger partial charge in [-0.2, -0.15) is 0 Å². The van der Waals surface area contributed by atoms with Gasteiger partial charge in [-0.1, -0.05) is 0 Å². The van der Waals surface area contributed by atoms with E-state index < -0.39 is 0 Å². The molecule has 1 amide bonds. The van der Waals surface area contributed by atoms with E-state index in [9.17, 15) is 4.79 Å². The number of carbonyl (C=O) groups is 1. The van der Waals surface area contributed by atoms with Crippen molar-refractivity contribution in [1.29, 1.82) is 0 Å². The molecule has 2 aromatic heterocycles. The van der Waals surface area contributed by atoms with Gasteiger partial charge in [-0.05, 0) is 31.9 Å². The van der Waals surface area contributed by atoms with Crippen molar-refractivity contribution in [3.8, 4) is 0 Å². The van der Waals surface area contributed by atoms with Crippen LogP contribution in [-0.4, -0.2) is 81.9 Å². The zero-order valence-corrected chi connectivity index (χ0v) is 20.3. The van der Waals surface area contributed by atoms with Crippen molar-refractivity contribution >= 4 is 35.8 Å². The molecule has 10 nitrogen and oxygen atoms in total. The molecule has 0 bridgehead atoms. The number of rotatable bonds is 5. The zero-order chi connectivity index (χ0) is 20.9. The number of aryl methyl sites for hydroxylation is 1. The highest BCUT2D eigenvalue weighted by Crippen LogP contribution is 2.12. The third-order valence-corrected chi connectivity index (χ3v) is 5.66. The summed E-state index contributed by atoms with van der Waals surface area (Å²) in [6.07, 6.45) is 3.91. The highest BCUT2D eigenvalue weighted by atomic mass is 127. The Morgan fingerprint density at radius 3 is 2.65 bits per heavy atom. The first-order chi connectivity index (χ1) is 14.6. The van der Waals surface area contributed by atoms with Crippen molar-refractivity contribution in [2.24, 2.45) is 12.0 Å². The van der Waals surface area contributed by atoms with Crippen molar-refractivity contribution in [3.63, 3.8) is 0 Å². The van der Waals surface area contributed by atoms with E-state index in [1.165, 1.54) is 6.26 Å². The number of furan rings is 1. The molecule has 2 aliphatic heterocycles. The maximum atomic E-state index is 12.5. The van der Waals surface area contributed by atoms with Crippen molar-refractivity contribution in [2.75, 3.05) is 39.3 Å². The largest absolute Gasteiger partial charge is 0.459 e. The minimum atomic E-state index is -0.0694. The lowest BCUT2D eigenvalue weighted by Gasteiger charge is -2.36. The number of piperazine rings is 1. The number of hydrogen-bond donors (Lipinski definition) is 1. The maximum Gasteiger partial charge on any atom is 0.289 e. The Kier molecular flexibility index (Phi) is 8.29. The average molecular weight is 543 g/mol. The van der Waals surface area contributed by atoms with E-state index in [1.54, 1.807) is 12.1 Å². The van der Waals surface area contributed by atoms with Gasteiger partial charge in [-0.3, -0.25) is 4.79 Å². The monoisotopic (exact) mass is 543 g/mol. The summed E-state index contributed by atoms with van der Waals surface area (Å²) in [7, 11) is 1.94. The van der Waals surface area contributed by atoms with Gasteiger partial charge in [-0.15, -0.1) is 34.2 Å². The van der Waals surface area contributed by atoms with Crippen LogP contribution >= 0.6 is 24.0 Å². The second-order valence-electron chi connectivity index (χ2n) is 7.63. The second kappa shape index (κ2) is 10.9. The number of carbonyl (C=O) groups excluding carboxylic acids is 1. The first kappa shape index (κ1) is 23.5. The lowest BCUT2D eigenvalue weighted by atomic mass is 10.2. The normalized spacial score (nSPS) is 19.4. The van der Waals surface area contributed by atoms with Gasteiger partial charge < -0.3 is 28.8 Å². The molecular formula is C20H30IN7O3. The molecule has 2 aromatic rings. The first-order valence-electron chi connectivity index (χ1n) is 10.4. The van der Waals surface area contributed by atoms with Crippen LogP contribution in [0.5, 0.6) is 0 Å². The van der Waals surface area contributed by atoms with Gasteiger partial charge in [0.2, 0.25) is 0 Å². The molecule has 2 aliphatic rings. The second-order valence-corrected chi connectivity index (χ2v) is 7.63. The molecule has 1 atom stereocenters. The Balaban J connectivity index is 0.00000272. The van der Waals surface area contributed by atoms with Crippen LogP contribution in [0.15, 0.2) is 27.8 Å². The Morgan fingerprint density at radius 2 is 2.03 bits per heavy atom. The SMILES string of the molecule is Cc1nnc(CN=C(NCC2CCCO2)N2CCN(C(=O)c3ccco3)CC2)n1C.I. The number of halogens is 1. The van der Waals surface area contributed by atoms with E-state index in [1.807, 2.05) is 23.4 Å². The minimum Gasteiger partial charge on any atom is -0.459 e. The number of ether oxygens (including phenoxy) is 1. The molecule has 4 heterocycles. The third kappa shape index (κ3) is 5.76.